The summed E-state index contributed by atoms with van der Waals surface area (Å²) in [5.74, 6) is -1.21. The summed E-state index contributed by atoms with van der Waals surface area (Å²) in [6, 6.07) is 0. The Balaban J connectivity index is 3.70. The smallest absolute Gasteiger partial charge is 0.344 e. The van der Waals surface area contributed by atoms with Crippen molar-refractivity contribution >= 4 is 11.9 Å². The van der Waals surface area contributed by atoms with Crippen LogP contribution in [0.2, 0.25) is 0 Å². The van der Waals surface area contributed by atoms with Gasteiger partial charge < -0.3 is 14.6 Å². The van der Waals surface area contributed by atoms with E-state index in [1.54, 1.807) is 20.8 Å². The summed E-state index contributed by atoms with van der Waals surface area (Å²) in [6.45, 7) is 4.48. The zero-order chi connectivity index (χ0) is 11.2. The van der Waals surface area contributed by atoms with Crippen LogP contribution in [0.3, 0.4) is 0 Å². The van der Waals surface area contributed by atoms with E-state index in [0.29, 0.717) is 0 Å². The molecule has 82 valence electrons. The van der Waals surface area contributed by atoms with E-state index in [4.69, 9.17) is 9.84 Å². The van der Waals surface area contributed by atoms with Gasteiger partial charge in [0.05, 0.1) is 13.0 Å². The van der Waals surface area contributed by atoms with E-state index < -0.39 is 24.1 Å². The molecule has 0 aromatic heterocycles. The molecule has 0 amide bonds. The number of aliphatic hydroxyl groups is 1. The number of carbonyl (C=O) groups is 2. The summed E-state index contributed by atoms with van der Waals surface area (Å²) in [5.41, 5.74) is -0.583. The molecule has 0 bridgehead atoms. The highest BCUT2D eigenvalue weighted by molar-refractivity contribution is 5.76. The molecule has 0 saturated heterocycles. The Labute approximate surface area is 83.0 Å². The fourth-order valence-corrected chi connectivity index (χ4v) is 0.674. The largest absolute Gasteiger partial charge is 0.457 e. The van der Waals surface area contributed by atoms with Crippen LogP contribution >= 0.6 is 0 Å². The monoisotopic (exact) mass is 204 g/mol. The van der Waals surface area contributed by atoms with Crippen LogP contribution in [0.25, 0.3) is 0 Å². The topological polar surface area (TPSA) is 72.8 Å². The second-order valence-electron chi connectivity index (χ2n) is 3.72. The van der Waals surface area contributed by atoms with Crippen molar-refractivity contribution in [2.75, 3.05) is 13.2 Å². The maximum Gasteiger partial charge on any atom is 0.344 e. The minimum Gasteiger partial charge on any atom is -0.457 e. The van der Waals surface area contributed by atoms with Gasteiger partial charge in [-0.05, 0) is 20.8 Å². The third-order valence-electron chi connectivity index (χ3n) is 1.09. The van der Waals surface area contributed by atoms with Gasteiger partial charge in [-0.15, -0.1) is 0 Å². The fraction of sp³-hybridized carbons (Fsp3) is 0.778. The van der Waals surface area contributed by atoms with Crippen molar-refractivity contribution in [2.45, 2.75) is 32.8 Å². The fourth-order valence-electron chi connectivity index (χ4n) is 0.674. The highest BCUT2D eigenvalue weighted by atomic mass is 16.6. The van der Waals surface area contributed by atoms with Crippen LogP contribution in [0, 0.1) is 0 Å². The predicted molar refractivity (Wildman–Crippen MR) is 48.5 cm³/mol. The third kappa shape index (κ3) is 7.54. The summed E-state index contributed by atoms with van der Waals surface area (Å²) in [4.78, 5) is 21.7. The Morgan fingerprint density at radius 2 is 1.79 bits per heavy atom. The van der Waals surface area contributed by atoms with Crippen molar-refractivity contribution in [3.63, 3.8) is 0 Å². The zero-order valence-electron chi connectivity index (χ0n) is 8.70. The molecule has 0 aliphatic heterocycles. The second kappa shape index (κ2) is 5.59. The third-order valence-corrected chi connectivity index (χ3v) is 1.09. The number of esters is 2. The van der Waals surface area contributed by atoms with Gasteiger partial charge in [0.2, 0.25) is 0 Å². The molecule has 5 heteroatoms. The van der Waals surface area contributed by atoms with Crippen LogP contribution in [-0.4, -0.2) is 35.9 Å². The van der Waals surface area contributed by atoms with Gasteiger partial charge in [-0.1, -0.05) is 0 Å². The van der Waals surface area contributed by atoms with Crippen molar-refractivity contribution in [1.29, 1.82) is 0 Å². The molecule has 0 atom stereocenters. The van der Waals surface area contributed by atoms with Crippen molar-refractivity contribution in [3.8, 4) is 0 Å². The minimum atomic E-state index is -0.613. The highest BCUT2D eigenvalue weighted by Gasteiger charge is 2.17. The van der Waals surface area contributed by atoms with Gasteiger partial charge in [0.1, 0.15) is 5.60 Å². The van der Waals surface area contributed by atoms with E-state index in [1.807, 2.05) is 0 Å². The molecule has 0 aliphatic carbocycles. The van der Waals surface area contributed by atoms with E-state index in [0.717, 1.165) is 0 Å². The highest BCUT2D eigenvalue weighted by Crippen LogP contribution is 2.06. The van der Waals surface area contributed by atoms with E-state index in [9.17, 15) is 9.59 Å². The Morgan fingerprint density at radius 3 is 2.21 bits per heavy atom. The Bertz CT molecular complexity index is 204. The molecule has 0 aliphatic rings. The lowest BCUT2D eigenvalue weighted by atomic mass is 10.2. The first-order valence-corrected chi connectivity index (χ1v) is 4.33. The van der Waals surface area contributed by atoms with E-state index in [-0.39, 0.29) is 13.0 Å². The number of hydrogen-bond acceptors (Lipinski definition) is 5. The molecule has 0 heterocycles. The molecular weight excluding hydrogens is 188 g/mol. The molecule has 1 N–H and O–H groups in total. The molecule has 14 heavy (non-hydrogen) atoms. The SMILES string of the molecule is CC(C)(C)OC(=O)COC(=O)CCO. The predicted octanol–water partition coefficient (Wildman–Crippen LogP) is 0.254. The van der Waals surface area contributed by atoms with Crippen molar-refractivity contribution in [1.82, 2.24) is 0 Å². The molecule has 0 aromatic carbocycles. The summed E-state index contributed by atoms with van der Waals surface area (Å²) >= 11 is 0. The molecule has 0 radical (unpaired) electrons. The number of carbonyl (C=O) groups excluding carboxylic acids is 2. The van der Waals surface area contributed by atoms with Crippen LogP contribution in [-0.2, 0) is 19.1 Å². The first-order valence-electron chi connectivity index (χ1n) is 4.33. The molecule has 0 fully saturated rings. The lowest BCUT2D eigenvalue weighted by Crippen LogP contribution is -2.27. The van der Waals surface area contributed by atoms with Crippen LogP contribution in [0.4, 0.5) is 0 Å². The van der Waals surface area contributed by atoms with E-state index >= 15 is 0 Å². The molecule has 0 spiro atoms. The summed E-state index contributed by atoms with van der Waals surface area (Å²) in [6.07, 6.45) is -0.108. The molecule has 5 nitrogen and oxygen atoms in total. The maximum absolute atomic E-state index is 11.0. The van der Waals surface area contributed by atoms with Gasteiger partial charge in [-0.25, -0.2) is 4.79 Å². The van der Waals surface area contributed by atoms with Crippen LogP contribution < -0.4 is 0 Å². The van der Waals surface area contributed by atoms with Crippen molar-refractivity contribution in [2.24, 2.45) is 0 Å². The van der Waals surface area contributed by atoms with Gasteiger partial charge in [-0.2, -0.15) is 0 Å². The van der Waals surface area contributed by atoms with Gasteiger partial charge in [0, 0.05) is 0 Å². The minimum absolute atomic E-state index is 0.108. The maximum atomic E-state index is 11.0. The Morgan fingerprint density at radius 1 is 1.21 bits per heavy atom. The molecular formula is C9H16O5. The Kier molecular flexibility index (Phi) is 5.15. The summed E-state index contributed by atoms with van der Waals surface area (Å²) < 4.78 is 9.40. The molecule has 0 saturated carbocycles. The van der Waals surface area contributed by atoms with Crippen LogP contribution in [0.1, 0.15) is 27.2 Å². The van der Waals surface area contributed by atoms with Gasteiger partial charge >= 0.3 is 11.9 Å². The first-order chi connectivity index (χ1) is 6.35. The number of ether oxygens (including phenoxy) is 2. The van der Waals surface area contributed by atoms with E-state index in [1.165, 1.54) is 0 Å². The number of aliphatic hydroxyl groups excluding tert-OH is 1. The van der Waals surface area contributed by atoms with Gasteiger partial charge in [0.15, 0.2) is 6.61 Å². The zero-order valence-corrected chi connectivity index (χ0v) is 8.70. The number of hydrogen-bond donors (Lipinski definition) is 1. The Hall–Kier alpha value is -1.10. The van der Waals surface area contributed by atoms with Crippen LogP contribution in [0.15, 0.2) is 0 Å². The van der Waals surface area contributed by atoms with Gasteiger partial charge in [-0.3, -0.25) is 4.79 Å². The molecule has 0 aromatic rings. The normalized spacial score (nSPS) is 10.9. The van der Waals surface area contributed by atoms with Crippen molar-refractivity contribution < 1.29 is 24.2 Å². The molecule has 0 unspecified atom stereocenters. The average Bonchev–Trinajstić information content (AvgIpc) is 1.98. The first kappa shape index (κ1) is 12.9. The standard InChI is InChI=1S/C9H16O5/c1-9(2,3)14-8(12)6-13-7(11)4-5-10/h10H,4-6H2,1-3H3. The second-order valence-corrected chi connectivity index (χ2v) is 3.72. The lowest BCUT2D eigenvalue weighted by Gasteiger charge is -2.19. The lowest BCUT2D eigenvalue weighted by molar-refractivity contribution is -0.166. The summed E-state index contributed by atoms with van der Waals surface area (Å²) in [7, 11) is 0. The average molecular weight is 204 g/mol. The van der Waals surface area contributed by atoms with E-state index in [2.05, 4.69) is 4.74 Å². The molecule has 0 rings (SSSR count). The number of rotatable bonds is 4. The van der Waals surface area contributed by atoms with Crippen molar-refractivity contribution in [3.05, 3.63) is 0 Å². The quantitative estimate of drug-likeness (QED) is 0.665. The summed E-state index contributed by atoms with van der Waals surface area (Å²) in [5, 5.41) is 8.37. The van der Waals surface area contributed by atoms with Gasteiger partial charge in [0.25, 0.3) is 0 Å². The van der Waals surface area contributed by atoms with Crippen LogP contribution in [0.5, 0.6) is 0 Å².